The molecule has 0 aromatic carbocycles. The summed E-state index contributed by atoms with van der Waals surface area (Å²) in [5.41, 5.74) is 0.181. The third-order valence-corrected chi connectivity index (χ3v) is 5.98. The number of carbonyl (C=O) groups excluding carboxylic acids is 2. The first kappa shape index (κ1) is 14.3. The number of aromatic nitrogens is 1. The third-order valence-electron chi connectivity index (χ3n) is 5.98. The van der Waals surface area contributed by atoms with Gasteiger partial charge in [-0.3, -0.25) is 14.6 Å². The van der Waals surface area contributed by atoms with Crippen molar-refractivity contribution in [2.75, 3.05) is 13.1 Å². The van der Waals surface area contributed by atoms with Gasteiger partial charge in [-0.15, -0.1) is 0 Å². The Bertz CT molecular complexity index is 743. The SMILES string of the molecule is O=C(NC1[C@H]2CN(C(=O)c3coc(=O)[nH]3)C[C@@H]12)C1CC2CCC1O2. The number of ether oxygens (including phenoxy) is 1. The van der Waals surface area contributed by atoms with Gasteiger partial charge >= 0.3 is 5.76 Å². The van der Waals surface area contributed by atoms with Gasteiger partial charge in [0.2, 0.25) is 5.91 Å². The Morgan fingerprint density at radius 1 is 1.25 bits per heavy atom. The van der Waals surface area contributed by atoms with Crippen molar-refractivity contribution in [3.63, 3.8) is 0 Å². The zero-order chi connectivity index (χ0) is 16.4. The summed E-state index contributed by atoms with van der Waals surface area (Å²) >= 11 is 0. The van der Waals surface area contributed by atoms with Crippen LogP contribution in [0.4, 0.5) is 0 Å². The highest BCUT2D eigenvalue weighted by atomic mass is 16.5. The number of hydrogen-bond acceptors (Lipinski definition) is 5. The maximum Gasteiger partial charge on any atom is 0.416 e. The van der Waals surface area contributed by atoms with Crippen molar-refractivity contribution < 1.29 is 18.7 Å². The summed E-state index contributed by atoms with van der Waals surface area (Å²) < 4.78 is 10.4. The van der Waals surface area contributed by atoms with Crippen LogP contribution in [0, 0.1) is 17.8 Å². The third kappa shape index (κ3) is 2.12. The second-order valence-electron chi connectivity index (χ2n) is 7.35. The topological polar surface area (TPSA) is 105 Å². The molecule has 5 rings (SSSR count). The van der Waals surface area contributed by atoms with Gasteiger partial charge < -0.3 is 19.4 Å². The van der Waals surface area contributed by atoms with E-state index in [-0.39, 0.29) is 41.7 Å². The number of amides is 2. The molecule has 6 atom stereocenters. The van der Waals surface area contributed by atoms with Crippen LogP contribution < -0.4 is 11.1 Å². The number of piperidine rings is 1. The predicted molar refractivity (Wildman–Crippen MR) is 80.1 cm³/mol. The Morgan fingerprint density at radius 3 is 2.62 bits per heavy atom. The Balaban J connectivity index is 1.16. The Morgan fingerprint density at radius 2 is 2.04 bits per heavy atom. The fourth-order valence-electron chi connectivity index (χ4n) is 4.65. The van der Waals surface area contributed by atoms with Crippen LogP contribution in [0.3, 0.4) is 0 Å². The summed E-state index contributed by atoms with van der Waals surface area (Å²) in [6, 6.07) is 0.170. The molecule has 2 N–H and O–H groups in total. The molecule has 1 aromatic rings. The molecule has 2 bridgehead atoms. The molecule has 4 fully saturated rings. The van der Waals surface area contributed by atoms with E-state index in [1.807, 2.05) is 0 Å². The smallest absolute Gasteiger partial charge is 0.416 e. The molecule has 4 aliphatic rings. The van der Waals surface area contributed by atoms with Crippen molar-refractivity contribution in [1.82, 2.24) is 15.2 Å². The molecular weight excluding hydrogens is 314 g/mol. The van der Waals surface area contributed by atoms with E-state index in [9.17, 15) is 14.4 Å². The van der Waals surface area contributed by atoms with Crippen molar-refractivity contribution in [3.05, 3.63) is 22.5 Å². The van der Waals surface area contributed by atoms with Crippen LogP contribution in [-0.2, 0) is 9.53 Å². The van der Waals surface area contributed by atoms with E-state index in [0.717, 1.165) is 25.5 Å². The number of H-pyrrole nitrogens is 1. The number of nitrogens with one attached hydrogen (secondary N) is 2. The molecule has 2 amide bonds. The second-order valence-corrected chi connectivity index (χ2v) is 7.35. The van der Waals surface area contributed by atoms with Crippen molar-refractivity contribution in [2.45, 2.75) is 37.5 Å². The molecular formula is C16H19N3O5. The minimum absolute atomic E-state index is 0.00110. The van der Waals surface area contributed by atoms with Crippen molar-refractivity contribution >= 4 is 11.8 Å². The van der Waals surface area contributed by atoms with Gasteiger partial charge in [0.1, 0.15) is 12.0 Å². The molecule has 24 heavy (non-hydrogen) atoms. The Kier molecular flexibility index (Phi) is 2.94. The lowest BCUT2D eigenvalue weighted by Crippen LogP contribution is -2.41. The van der Waals surface area contributed by atoms with Gasteiger partial charge in [-0.2, -0.15) is 0 Å². The van der Waals surface area contributed by atoms with Crippen LogP contribution >= 0.6 is 0 Å². The molecule has 1 aromatic heterocycles. The molecule has 4 heterocycles. The van der Waals surface area contributed by atoms with E-state index < -0.39 is 5.76 Å². The molecule has 0 radical (unpaired) electrons. The largest absolute Gasteiger partial charge is 0.416 e. The van der Waals surface area contributed by atoms with Gasteiger partial charge in [0.25, 0.3) is 5.91 Å². The molecule has 1 saturated carbocycles. The summed E-state index contributed by atoms with van der Waals surface area (Å²) in [4.78, 5) is 39.8. The zero-order valence-corrected chi connectivity index (χ0v) is 13.1. The molecule has 0 spiro atoms. The minimum atomic E-state index is -0.624. The summed E-state index contributed by atoms with van der Waals surface area (Å²) in [7, 11) is 0. The number of fused-ring (bicyclic) bond motifs is 3. The summed E-state index contributed by atoms with van der Waals surface area (Å²) in [6.07, 6.45) is 4.45. The van der Waals surface area contributed by atoms with E-state index in [1.165, 1.54) is 0 Å². The van der Waals surface area contributed by atoms with Crippen molar-refractivity contribution in [1.29, 1.82) is 0 Å². The highest BCUT2D eigenvalue weighted by molar-refractivity contribution is 5.92. The van der Waals surface area contributed by atoms with Crippen molar-refractivity contribution in [2.24, 2.45) is 17.8 Å². The molecule has 8 heteroatoms. The Hall–Kier alpha value is -2.09. The van der Waals surface area contributed by atoms with Crippen LogP contribution in [0.5, 0.6) is 0 Å². The summed E-state index contributed by atoms with van der Waals surface area (Å²) in [5, 5.41) is 3.15. The van der Waals surface area contributed by atoms with Gasteiger partial charge in [-0.05, 0) is 19.3 Å². The number of aromatic amines is 1. The first-order valence-corrected chi connectivity index (χ1v) is 8.53. The Labute approximate surface area is 137 Å². The highest BCUT2D eigenvalue weighted by Gasteiger charge is 2.58. The highest BCUT2D eigenvalue weighted by Crippen LogP contribution is 2.46. The fraction of sp³-hybridized carbons (Fsp3) is 0.688. The average molecular weight is 333 g/mol. The normalized spacial score (nSPS) is 39.1. The van der Waals surface area contributed by atoms with Gasteiger partial charge in [0.15, 0.2) is 0 Å². The molecule has 3 aliphatic heterocycles. The number of rotatable bonds is 3. The van der Waals surface area contributed by atoms with Crippen LogP contribution in [0.25, 0.3) is 0 Å². The van der Waals surface area contributed by atoms with E-state index in [4.69, 9.17) is 4.74 Å². The minimum Gasteiger partial charge on any atom is -0.416 e. The monoisotopic (exact) mass is 333 g/mol. The van der Waals surface area contributed by atoms with Gasteiger partial charge in [0.05, 0.1) is 18.1 Å². The van der Waals surface area contributed by atoms with E-state index in [1.54, 1.807) is 4.90 Å². The number of hydrogen-bond donors (Lipinski definition) is 2. The predicted octanol–water partition coefficient (Wildman–Crippen LogP) is -0.278. The zero-order valence-electron chi connectivity index (χ0n) is 13.1. The molecule has 3 saturated heterocycles. The van der Waals surface area contributed by atoms with Crippen LogP contribution in [0.1, 0.15) is 29.8 Å². The van der Waals surface area contributed by atoms with Crippen LogP contribution in [0.15, 0.2) is 15.5 Å². The average Bonchev–Trinajstić information content (AvgIpc) is 3.17. The standard InChI is InChI=1S/C16H19N3O5/c20-14(8-3-7-1-2-12(8)24-7)18-13-9-4-19(5-10(9)13)15(21)11-6-23-16(22)17-11/h6-10,12-13H,1-5H2,(H,17,22)(H,18,20)/t7?,8?,9-,10+,12?,13?. The number of carbonyl (C=O) groups is 2. The lowest BCUT2D eigenvalue weighted by atomic mass is 9.88. The summed E-state index contributed by atoms with van der Waals surface area (Å²) in [5.74, 6) is -0.106. The van der Waals surface area contributed by atoms with E-state index in [2.05, 4.69) is 14.7 Å². The lowest BCUT2D eigenvalue weighted by Gasteiger charge is -2.21. The summed E-state index contributed by atoms with van der Waals surface area (Å²) in [6.45, 7) is 1.21. The maximum atomic E-state index is 12.4. The molecule has 128 valence electrons. The van der Waals surface area contributed by atoms with Gasteiger partial charge in [-0.25, -0.2) is 4.79 Å². The molecule has 4 unspecified atom stereocenters. The van der Waals surface area contributed by atoms with Gasteiger partial charge in [0, 0.05) is 31.0 Å². The van der Waals surface area contributed by atoms with Crippen LogP contribution in [0.2, 0.25) is 0 Å². The van der Waals surface area contributed by atoms with Crippen LogP contribution in [-0.4, -0.2) is 53.0 Å². The van der Waals surface area contributed by atoms with E-state index >= 15 is 0 Å². The number of oxazole rings is 1. The fourth-order valence-corrected chi connectivity index (χ4v) is 4.65. The quantitative estimate of drug-likeness (QED) is 0.792. The maximum absolute atomic E-state index is 12.4. The van der Waals surface area contributed by atoms with Crippen molar-refractivity contribution in [3.8, 4) is 0 Å². The number of likely N-dealkylation sites (tertiary alicyclic amines) is 1. The second kappa shape index (κ2) is 4.95. The number of nitrogens with zero attached hydrogens (tertiary/aromatic N) is 1. The molecule has 8 nitrogen and oxygen atoms in total. The first-order chi connectivity index (χ1) is 11.6. The molecule has 1 aliphatic carbocycles. The van der Waals surface area contributed by atoms with Gasteiger partial charge in [-0.1, -0.05) is 0 Å². The van der Waals surface area contributed by atoms with E-state index in [0.29, 0.717) is 24.9 Å². The first-order valence-electron chi connectivity index (χ1n) is 8.53. The lowest BCUT2D eigenvalue weighted by molar-refractivity contribution is -0.126.